The molecule has 29 heavy (non-hydrogen) atoms. The van der Waals surface area contributed by atoms with Crippen LogP contribution in [0.15, 0.2) is 41.5 Å². The standard InChI is InChI=1S/C19H17F3N4O3/c20-19(21,22)14-6-12(11-3-5-29-10-11)8-25-9-13(24-18(14)25)7-16(27)26-4-1-2-15(26)17(23)28/h3,5-6,8-10,15H,1-2,4,7H2,(H2,23,28). The van der Waals surface area contributed by atoms with E-state index in [1.165, 1.54) is 34.2 Å². The number of furan rings is 1. The summed E-state index contributed by atoms with van der Waals surface area (Å²) in [5.74, 6) is -0.978. The number of imidazole rings is 1. The maximum Gasteiger partial charge on any atom is 0.420 e. The molecular formula is C19H17F3N4O3. The van der Waals surface area contributed by atoms with Crippen molar-refractivity contribution in [3.63, 3.8) is 0 Å². The summed E-state index contributed by atoms with van der Waals surface area (Å²) in [7, 11) is 0. The van der Waals surface area contributed by atoms with Gasteiger partial charge in [0, 0.05) is 30.1 Å². The zero-order chi connectivity index (χ0) is 20.8. The zero-order valence-electron chi connectivity index (χ0n) is 15.1. The molecule has 0 aromatic carbocycles. The van der Waals surface area contributed by atoms with E-state index >= 15 is 0 Å². The van der Waals surface area contributed by atoms with Gasteiger partial charge in [0.2, 0.25) is 11.8 Å². The number of aromatic nitrogens is 2. The number of halogens is 3. The van der Waals surface area contributed by atoms with Crippen LogP contribution in [0.5, 0.6) is 0 Å². The zero-order valence-corrected chi connectivity index (χ0v) is 15.1. The Balaban J connectivity index is 1.70. The maximum absolute atomic E-state index is 13.6. The first-order valence-electron chi connectivity index (χ1n) is 8.94. The molecule has 4 heterocycles. The van der Waals surface area contributed by atoms with Crippen molar-refractivity contribution in [1.29, 1.82) is 0 Å². The minimum absolute atomic E-state index is 0.181. The average Bonchev–Trinajstić information content (AvgIpc) is 3.38. The van der Waals surface area contributed by atoms with Crippen LogP contribution in [0.2, 0.25) is 0 Å². The first-order valence-corrected chi connectivity index (χ1v) is 8.94. The number of alkyl halides is 3. The van der Waals surface area contributed by atoms with E-state index in [-0.39, 0.29) is 17.8 Å². The Bertz CT molecular complexity index is 1070. The van der Waals surface area contributed by atoms with Gasteiger partial charge in [-0.1, -0.05) is 0 Å². The van der Waals surface area contributed by atoms with Crippen LogP contribution < -0.4 is 5.73 Å². The van der Waals surface area contributed by atoms with Gasteiger partial charge in [0.15, 0.2) is 0 Å². The smallest absolute Gasteiger partial charge is 0.420 e. The highest BCUT2D eigenvalue weighted by atomic mass is 19.4. The minimum atomic E-state index is -4.63. The molecule has 1 aliphatic heterocycles. The Morgan fingerprint density at radius 1 is 1.28 bits per heavy atom. The summed E-state index contributed by atoms with van der Waals surface area (Å²) in [6, 6.07) is 1.88. The van der Waals surface area contributed by atoms with Crippen LogP contribution in [-0.4, -0.2) is 38.7 Å². The second kappa shape index (κ2) is 6.94. The first-order chi connectivity index (χ1) is 13.7. The highest BCUT2D eigenvalue weighted by Crippen LogP contribution is 2.35. The number of nitrogens with zero attached hydrogens (tertiary/aromatic N) is 3. The number of pyridine rings is 1. The molecule has 0 bridgehead atoms. The normalized spacial score (nSPS) is 17.2. The molecular weight excluding hydrogens is 389 g/mol. The van der Waals surface area contributed by atoms with Gasteiger partial charge in [-0.15, -0.1) is 0 Å². The molecule has 3 aromatic rings. The summed E-state index contributed by atoms with van der Waals surface area (Å²) in [5.41, 5.74) is 5.10. The van der Waals surface area contributed by atoms with Crippen LogP contribution in [0, 0.1) is 0 Å². The fourth-order valence-electron chi connectivity index (χ4n) is 3.65. The van der Waals surface area contributed by atoms with Crippen LogP contribution in [0.3, 0.4) is 0 Å². The highest BCUT2D eigenvalue weighted by Gasteiger charge is 2.36. The van der Waals surface area contributed by atoms with Gasteiger partial charge in [-0.3, -0.25) is 9.59 Å². The third-order valence-electron chi connectivity index (χ3n) is 4.99. The van der Waals surface area contributed by atoms with Crippen molar-refractivity contribution in [2.24, 2.45) is 5.73 Å². The van der Waals surface area contributed by atoms with Crippen LogP contribution >= 0.6 is 0 Å². The summed E-state index contributed by atoms with van der Waals surface area (Å²) in [6.07, 6.45) is 1.90. The monoisotopic (exact) mass is 406 g/mol. The first kappa shape index (κ1) is 19.0. The number of nitrogens with two attached hydrogens (primary N) is 1. The molecule has 3 aromatic heterocycles. The quantitative estimate of drug-likeness (QED) is 0.721. The van der Waals surface area contributed by atoms with Crippen molar-refractivity contribution >= 4 is 17.5 Å². The van der Waals surface area contributed by atoms with Gasteiger partial charge in [0.05, 0.1) is 30.2 Å². The van der Waals surface area contributed by atoms with E-state index in [1.54, 1.807) is 6.07 Å². The lowest BCUT2D eigenvalue weighted by atomic mass is 10.1. The number of carbonyl (C=O) groups excluding carboxylic acids is 2. The number of hydrogen-bond acceptors (Lipinski definition) is 4. The molecule has 1 fully saturated rings. The molecule has 0 aliphatic carbocycles. The van der Waals surface area contributed by atoms with Gasteiger partial charge >= 0.3 is 6.18 Å². The van der Waals surface area contributed by atoms with Crippen LogP contribution in [0.4, 0.5) is 13.2 Å². The van der Waals surface area contributed by atoms with Crippen LogP contribution in [0.25, 0.3) is 16.8 Å². The molecule has 1 atom stereocenters. The summed E-state index contributed by atoms with van der Waals surface area (Å²) in [4.78, 5) is 29.5. The van der Waals surface area contributed by atoms with Crippen molar-refractivity contribution in [3.05, 3.63) is 48.3 Å². The van der Waals surface area contributed by atoms with Crippen molar-refractivity contribution in [2.75, 3.05) is 6.54 Å². The van der Waals surface area contributed by atoms with E-state index < -0.39 is 29.6 Å². The molecule has 152 valence electrons. The van der Waals surface area contributed by atoms with Crippen molar-refractivity contribution in [3.8, 4) is 11.1 Å². The number of carbonyl (C=O) groups is 2. The SMILES string of the molecule is NC(=O)C1CCCN1C(=O)Cc1cn2cc(-c3ccoc3)cc(C(F)(F)F)c2n1. The van der Waals surface area contributed by atoms with E-state index in [0.717, 1.165) is 6.07 Å². The summed E-state index contributed by atoms with van der Waals surface area (Å²) >= 11 is 0. The number of primary amides is 1. The molecule has 2 N–H and O–H groups in total. The van der Waals surface area contributed by atoms with Crippen LogP contribution in [-0.2, 0) is 22.2 Å². The third-order valence-corrected chi connectivity index (χ3v) is 4.99. The largest absolute Gasteiger partial charge is 0.472 e. The molecule has 0 spiro atoms. The summed E-state index contributed by atoms with van der Waals surface area (Å²) in [5, 5.41) is 0. The number of likely N-dealkylation sites (tertiary alicyclic amines) is 1. The van der Waals surface area contributed by atoms with Crippen molar-refractivity contribution in [1.82, 2.24) is 14.3 Å². The molecule has 1 aliphatic rings. The highest BCUT2D eigenvalue weighted by molar-refractivity contribution is 5.88. The Hall–Kier alpha value is -3.30. The average molecular weight is 406 g/mol. The molecule has 2 amide bonds. The molecule has 0 radical (unpaired) electrons. The van der Waals surface area contributed by atoms with Gasteiger partial charge in [0.1, 0.15) is 11.7 Å². The number of hydrogen-bond donors (Lipinski definition) is 1. The molecule has 10 heteroatoms. The number of rotatable bonds is 4. The Labute approximate surface area is 162 Å². The second-order valence-electron chi connectivity index (χ2n) is 6.94. The lowest BCUT2D eigenvalue weighted by Gasteiger charge is -2.21. The van der Waals surface area contributed by atoms with E-state index in [4.69, 9.17) is 10.2 Å². The van der Waals surface area contributed by atoms with Gasteiger partial charge in [-0.25, -0.2) is 4.98 Å². The lowest BCUT2D eigenvalue weighted by Crippen LogP contribution is -2.44. The van der Waals surface area contributed by atoms with Gasteiger partial charge in [-0.2, -0.15) is 13.2 Å². The number of fused-ring (bicyclic) bond motifs is 1. The predicted molar refractivity (Wildman–Crippen MR) is 95.5 cm³/mol. The Morgan fingerprint density at radius 3 is 2.72 bits per heavy atom. The Kier molecular flexibility index (Phi) is 4.56. The second-order valence-corrected chi connectivity index (χ2v) is 6.94. The molecule has 7 nitrogen and oxygen atoms in total. The van der Waals surface area contributed by atoms with E-state index in [2.05, 4.69) is 4.98 Å². The predicted octanol–water partition coefficient (Wildman–Crippen LogP) is 2.63. The van der Waals surface area contributed by atoms with Gasteiger partial charge < -0.3 is 19.5 Å². The number of amides is 2. The molecule has 4 rings (SSSR count). The third kappa shape index (κ3) is 3.57. The van der Waals surface area contributed by atoms with E-state index in [9.17, 15) is 22.8 Å². The fraction of sp³-hybridized carbons (Fsp3) is 0.316. The van der Waals surface area contributed by atoms with Gasteiger partial charge in [0.25, 0.3) is 0 Å². The summed E-state index contributed by atoms with van der Waals surface area (Å²) in [6.45, 7) is 0.387. The maximum atomic E-state index is 13.6. The topological polar surface area (TPSA) is 93.8 Å². The Morgan fingerprint density at radius 2 is 2.07 bits per heavy atom. The minimum Gasteiger partial charge on any atom is -0.472 e. The van der Waals surface area contributed by atoms with E-state index in [1.807, 2.05) is 0 Å². The van der Waals surface area contributed by atoms with Crippen molar-refractivity contribution < 1.29 is 27.2 Å². The molecule has 1 unspecified atom stereocenters. The fourth-order valence-corrected chi connectivity index (χ4v) is 3.65. The van der Waals surface area contributed by atoms with Crippen LogP contribution in [0.1, 0.15) is 24.1 Å². The molecule has 1 saturated heterocycles. The lowest BCUT2D eigenvalue weighted by molar-refractivity contribution is -0.136. The summed E-state index contributed by atoms with van der Waals surface area (Å²) < 4.78 is 47.0. The van der Waals surface area contributed by atoms with Crippen molar-refractivity contribution in [2.45, 2.75) is 31.5 Å². The molecule has 0 saturated carbocycles. The van der Waals surface area contributed by atoms with E-state index in [0.29, 0.717) is 30.5 Å². The van der Waals surface area contributed by atoms with Gasteiger partial charge in [-0.05, 0) is 25.0 Å².